The first kappa shape index (κ1) is 18.8. The Hall–Kier alpha value is -3.02. The molecule has 0 fully saturated rings. The van der Waals surface area contributed by atoms with Gasteiger partial charge in [-0.05, 0) is 48.2 Å². The molecule has 0 spiro atoms. The molecule has 0 unspecified atom stereocenters. The highest BCUT2D eigenvalue weighted by Gasteiger charge is 2.24. The zero-order valence-electron chi connectivity index (χ0n) is 15.9. The third-order valence-corrected chi connectivity index (χ3v) is 4.80. The van der Waals surface area contributed by atoms with Crippen LogP contribution in [0, 0.1) is 6.92 Å². The number of hydrogen-bond acceptors (Lipinski definition) is 4. The SMILES string of the molecule is COc1cc2c(cc1OC)CN(C(=O)CC(=O)Nc1ccccc1C)CC2. The lowest BCUT2D eigenvalue weighted by molar-refractivity contribution is -0.135. The highest BCUT2D eigenvalue weighted by molar-refractivity contribution is 6.03. The van der Waals surface area contributed by atoms with Crippen LogP contribution in [-0.4, -0.2) is 37.5 Å². The molecule has 0 aromatic heterocycles. The molecule has 0 aliphatic carbocycles. The largest absolute Gasteiger partial charge is 0.493 e. The summed E-state index contributed by atoms with van der Waals surface area (Å²) in [5, 5.41) is 2.81. The number of rotatable bonds is 5. The summed E-state index contributed by atoms with van der Waals surface area (Å²) in [6.45, 7) is 2.96. The van der Waals surface area contributed by atoms with E-state index in [1.54, 1.807) is 19.1 Å². The number of methoxy groups -OCH3 is 2. The lowest BCUT2D eigenvalue weighted by Gasteiger charge is -2.29. The van der Waals surface area contributed by atoms with Crippen LogP contribution in [0.15, 0.2) is 36.4 Å². The Bertz CT molecular complexity index is 863. The van der Waals surface area contributed by atoms with E-state index >= 15 is 0 Å². The van der Waals surface area contributed by atoms with E-state index in [0.29, 0.717) is 24.6 Å². The zero-order valence-corrected chi connectivity index (χ0v) is 15.9. The highest BCUT2D eigenvalue weighted by atomic mass is 16.5. The van der Waals surface area contributed by atoms with Gasteiger partial charge in [0.05, 0.1) is 14.2 Å². The summed E-state index contributed by atoms with van der Waals surface area (Å²) in [5.74, 6) is 0.852. The predicted octanol–water partition coefficient (Wildman–Crippen LogP) is 2.93. The Morgan fingerprint density at radius 2 is 1.74 bits per heavy atom. The normalized spacial score (nSPS) is 12.9. The molecular formula is C21H24N2O4. The fourth-order valence-corrected chi connectivity index (χ4v) is 3.25. The monoisotopic (exact) mass is 368 g/mol. The van der Waals surface area contributed by atoms with Gasteiger partial charge in [-0.1, -0.05) is 18.2 Å². The Kier molecular flexibility index (Phi) is 5.64. The average Bonchev–Trinajstić information content (AvgIpc) is 2.68. The molecule has 2 aromatic carbocycles. The minimum Gasteiger partial charge on any atom is -0.493 e. The average molecular weight is 368 g/mol. The molecule has 0 saturated carbocycles. The summed E-state index contributed by atoms with van der Waals surface area (Å²) < 4.78 is 10.7. The summed E-state index contributed by atoms with van der Waals surface area (Å²) in [6, 6.07) is 11.4. The number of aryl methyl sites for hydroxylation is 1. The quantitative estimate of drug-likeness (QED) is 0.824. The molecule has 0 saturated heterocycles. The number of hydrogen-bond donors (Lipinski definition) is 1. The van der Waals surface area contributed by atoms with E-state index in [0.717, 1.165) is 28.8 Å². The lowest BCUT2D eigenvalue weighted by atomic mass is 9.98. The van der Waals surface area contributed by atoms with Crippen molar-refractivity contribution < 1.29 is 19.1 Å². The molecule has 2 amide bonds. The van der Waals surface area contributed by atoms with Crippen molar-refractivity contribution in [3.63, 3.8) is 0 Å². The van der Waals surface area contributed by atoms with Crippen LogP contribution < -0.4 is 14.8 Å². The van der Waals surface area contributed by atoms with Gasteiger partial charge in [-0.15, -0.1) is 0 Å². The molecule has 6 nitrogen and oxygen atoms in total. The highest BCUT2D eigenvalue weighted by Crippen LogP contribution is 2.33. The lowest BCUT2D eigenvalue weighted by Crippen LogP contribution is -2.37. The topological polar surface area (TPSA) is 67.9 Å². The van der Waals surface area contributed by atoms with Gasteiger partial charge in [0.2, 0.25) is 11.8 Å². The van der Waals surface area contributed by atoms with Crippen molar-refractivity contribution in [3.8, 4) is 11.5 Å². The third kappa shape index (κ3) is 4.22. The van der Waals surface area contributed by atoms with Gasteiger partial charge in [-0.3, -0.25) is 9.59 Å². The molecule has 0 bridgehead atoms. The Morgan fingerprint density at radius 3 is 2.41 bits per heavy atom. The molecule has 1 aliphatic heterocycles. The van der Waals surface area contributed by atoms with E-state index in [4.69, 9.17) is 9.47 Å². The molecule has 3 rings (SSSR count). The standard InChI is InChI=1S/C21H24N2O4/c1-14-6-4-5-7-17(14)22-20(24)12-21(25)23-9-8-15-10-18(26-2)19(27-3)11-16(15)13-23/h4-7,10-11H,8-9,12-13H2,1-3H3,(H,22,24). The number of benzene rings is 2. The van der Waals surface area contributed by atoms with Gasteiger partial charge in [0.15, 0.2) is 11.5 Å². The summed E-state index contributed by atoms with van der Waals surface area (Å²) in [4.78, 5) is 26.5. The third-order valence-electron chi connectivity index (χ3n) is 4.80. The Morgan fingerprint density at radius 1 is 1.07 bits per heavy atom. The molecule has 6 heteroatoms. The molecular weight excluding hydrogens is 344 g/mol. The maximum absolute atomic E-state index is 12.6. The minimum absolute atomic E-state index is 0.170. The van der Waals surface area contributed by atoms with Crippen molar-refractivity contribution in [2.24, 2.45) is 0 Å². The fourth-order valence-electron chi connectivity index (χ4n) is 3.25. The van der Waals surface area contributed by atoms with Crippen LogP contribution in [0.5, 0.6) is 11.5 Å². The smallest absolute Gasteiger partial charge is 0.233 e. The molecule has 1 heterocycles. The van der Waals surface area contributed by atoms with Crippen LogP contribution in [-0.2, 0) is 22.6 Å². The molecule has 142 valence electrons. The molecule has 0 radical (unpaired) electrons. The van der Waals surface area contributed by atoms with Gasteiger partial charge < -0.3 is 19.7 Å². The van der Waals surface area contributed by atoms with Gasteiger partial charge >= 0.3 is 0 Å². The number of fused-ring (bicyclic) bond motifs is 1. The number of carbonyl (C=O) groups is 2. The summed E-state index contributed by atoms with van der Waals surface area (Å²) in [5.41, 5.74) is 3.86. The summed E-state index contributed by atoms with van der Waals surface area (Å²) >= 11 is 0. The minimum atomic E-state index is -0.299. The summed E-state index contributed by atoms with van der Waals surface area (Å²) in [6.07, 6.45) is 0.553. The second-order valence-electron chi connectivity index (χ2n) is 6.58. The first-order chi connectivity index (χ1) is 13.0. The van der Waals surface area contributed by atoms with Crippen LogP contribution in [0.1, 0.15) is 23.1 Å². The maximum Gasteiger partial charge on any atom is 0.233 e. The first-order valence-corrected chi connectivity index (χ1v) is 8.89. The molecule has 1 aliphatic rings. The predicted molar refractivity (Wildman–Crippen MR) is 103 cm³/mol. The van der Waals surface area contributed by atoms with E-state index in [-0.39, 0.29) is 18.2 Å². The van der Waals surface area contributed by atoms with Gasteiger partial charge in [0.25, 0.3) is 0 Å². The van der Waals surface area contributed by atoms with Crippen molar-refractivity contribution in [2.45, 2.75) is 26.3 Å². The Labute approximate surface area is 159 Å². The molecule has 2 aromatic rings. The number of anilines is 1. The number of para-hydroxylation sites is 1. The molecule has 1 N–H and O–H groups in total. The number of amides is 2. The second kappa shape index (κ2) is 8.12. The van der Waals surface area contributed by atoms with Crippen molar-refractivity contribution in [1.29, 1.82) is 0 Å². The van der Waals surface area contributed by atoms with Crippen LogP contribution in [0.25, 0.3) is 0 Å². The summed E-state index contributed by atoms with van der Waals surface area (Å²) in [7, 11) is 3.20. The molecule has 0 atom stereocenters. The number of nitrogens with one attached hydrogen (secondary N) is 1. The van der Waals surface area contributed by atoms with Gasteiger partial charge in [0.1, 0.15) is 6.42 Å². The van der Waals surface area contributed by atoms with E-state index in [1.165, 1.54) is 0 Å². The van der Waals surface area contributed by atoms with E-state index < -0.39 is 0 Å². The fraction of sp³-hybridized carbons (Fsp3) is 0.333. The van der Waals surface area contributed by atoms with Gasteiger partial charge in [-0.25, -0.2) is 0 Å². The van der Waals surface area contributed by atoms with Crippen molar-refractivity contribution in [1.82, 2.24) is 4.90 Å². The number of nitrogens with zero attached hydrogens (tertiary/aromatic N) is 1. The van der Waals surface area contributed by atoms with E-state index in [1.807, 2.05) is 43.3 Å². The second-order valence-corrected chi connectivity index (χ2v) is 6.58. The van der Waals surface area contributed by atoms with Crippen molar-refractivity contribution in [2.75, 3.05) is 26.1 Å². The zero-order chi connectivity index (χ0) is 19.4. The van der Waals surface area contributed by atoms with Crippen molar-refractivity contribution in [3.05, 3.63) is 53.1 Å². The van der Waals surface area contributed by atoms with Crippen LogP contribution in [0.3, 0.4) is 0 Å². The Balaban J connectivity index is 1.65. The maximum atomic E-state index is 12.6. The van der Waals surface area contributed by atoms with E-state index in [9.17, 15) is 9.59 Å². The number of ether oxygens (including phenoxy) is 2. The van der Waals surface area contributed by atoms with E-state index in [2.05, 4.69) is 5.32 Å². The molecule has 27 heavy (non-hydrogen) atoms. The van der Waals surface area contributed by atoms with Crippen LogP contribution in [0.4, 0.5) is 5.69 Å². The van der Waals surface area contributed by atoms with Crippen LogP contribution in [0.2, 0.25) is 0 Å². The van der Waals surface area contributed by atoms with Crippen molar-refractivity contribution >= 4 is 17.5 Å². The first-order valence-electron chi connectivity index (χ1n) is 8.89. The van der Waals surface area contributed by atoms with Gasteiger partial charge in [0, 0.05) is 18.8 Å². The number of carbonyl (C=O) groups excluding carboxylic acids is 2. The van der Waals surface area contributed by atoms with Crippen LogP contribution >= 0.6 is 0 Å². The van der Waals surface area contributed by atoms with Gasteiger partial charge in [-0.2, -0.15) is 0 Å².